The van der Waals surface area contributed by atoms with E-state index in [9.17, 15) is 0 Å². The Bertz CT molecular complexity index is 526. The maximum atomic E-state index is 8.86. The second-order valence-corrected chi connectivity index (χ2v) is 3.56. The lowest BCUT2D eigenvalue weighted by Crippen LogP contribution is -2.12. The fourth-order valence-corrected chi connectivity index (χ4v) is 1.60. The van der Waals surface area contributed by atoms with Gasteiger partial charge in [0.15, 0.2) is 0 Å². The molecule has 4 nitrogen and oxygen atoms in total. The van der Waals surface area contributed by atoms with Crippen LogP contribution in [0.3, 0.4) is 0 Å². The Hall–Kier alpha value is -2.41. The number of hydrogen-bond donors (Lipinski definition) is 1. The van der Waals surface area contributed by atoms with Gasteiger partial charge in [-0.1, -0.05) is 0 Å². The highest BCUT2D eigenvalue weighted by Crippen LogP contribution is 2.19. The Balaban J connectivity index is 2.16. The molecular formula is C13H13N3O. The zero-order chi connectivity index (χ0) is 12.1. The predicted octanol–water partition coefficient (Wildman–Crippen LogP) is 2.11. The van der Waals surface area contributed by atoms with Crippen molar-refractivity contribution in [2.75, 3.05) is 12.5 Å². The second kappa shape index (κ2) is 5.08. The molecule has 0 aliphatic carbocycles. The lowest BCUT2D eigenvalue weighted by atomic mass is 10.1. The average Bonchev–Trinajstić information content (AvgIpc) is 2.89. The van der Waals surface area contributed by atoms with Crippen molar-refractivity contribution in [1.82, 2.24) is 4.68 Å². The van der Waals surface area contributed by atoms with Crippen molar-refractivity contribution in [3.8, 4) is 11.8 Å². The minimum absolute atomic E-state index is 0.605. The summed E-state index contributed by atoms with van der Waals surface area (Å²) in [5.41, 5.74) is 4.79. The van der Waals surface area contributed by atoms with Crippen LogP contribution in [0, 0.1) is 11.3 Å². The van der Waals surface area contributed by atoms with E-state index in [2.05, 4.69) is 11.5 Å². The van der Waals surface area contributed by atoms with Crippen LogP contribution in [0.1, 0.15) is 11.1 Å². The van der Waals surface area contributed by atoms with Crippen molar-refractivity contribution >= 4 is 0 Å². The molecule has 0 aliphatic heterocycles. The summed E-state index contributed by atoms with van der Waals surface area (Å²) in [6.45, 7) is 0.605. The van der Waals surface area contributed by atoms with E-state index in [0.717, 1.165) is 11.3 Å². The molecule has 2 aromatic rings. The molecule has 0 aliphatic rings. The van der Waals surface area contributed by atoms with Gasteiger partial charge < -0.3 is 10.2 Å². The quantitative estimate of drug-likeness (QED) is 0.870. The number of hydrogen-bond acceptors (Lipinski definition) is 3. The fourth-order valence-electron chi connectivity index (χ4n) is 1.60. The molecule has 0 spiro atoms. The summed E-state index contributed by atoms with van der Waals surface area (Å²) >= 11 is 0. The van der Waals surface area contributed by atoms with Crippen LogP contribution in [0.15, 0.2) is 42.7 Å². The van der Waals surface area contributed by atoms with Gasteiger partial charge in [0.1, 0.15) is 5.75 Å². The Morgan fingerprint density at radius 1 is 1.35 bits per heavy atom. The van der Waals surface area contributed by atoms with Crippen LogP contribution in [-0.4, -0.2) is 11.8 Å². The molecule has 1 N–H and O–H groups in total. The minimum Gasteiger partial charge on any atom is -0.496 e. The van der Waals surface area contributed by atoms with E-state index in [1.54, 1.807) is 13.2 Å². The first-order valence-electron chi connectivity index (χ1n) is 5.27. The summed E-state index contributed by atoms with van der Waals surface area (Å²) in [7, 11) is 1.63. The normalized spacial score (nSPS) is 9.65. The van der Waals surface area contributed by atoms with Gasteiger partial charge in [0.2, 0.25) is 0 Å². The predicted molar refractivity (Wildman–Crippen MR) is 65.2 cm³/mol. The number of nitriles is 1. The van der Waals surface area contributed by atoms with Crippen molar-refractivity contribution in [2.45, 2.75) is 6.54 Å². The maximum absolute atomic E-state index is 8.86. The Morgan fingerprint density at radius 2 is 2.12 bits per heavy atom. The third-order valence-corrected chi connectivity index (χ3v) is 2.47. The number of methoxy groups -OCH3 is 1. The summed E-state index contributed by atoms with van der Waals surface area (Å²) in [4.78, 5) is 0. The lowest BCUT2D eigenvalue weighted by molar-refractivity contribution is 0.410. The maximum Gasteiger partial charge on any atom is 0.123 e. The summed E-state index contributed by atoms with van der Waals surface area (Å²) in [5.74, 6) is 0.781. The van der Waals surface area contributed by atoms with Gasteiger partial charge in [-0.15, -0.1) is 0 Å². The average molecular weight is 227 g/mol. The molecule has 0 amide bonds. The van der Waals surface area contributed by atoms with Gasteiger partial charge in [-0.3, -0.25) is 4.68 Å². The van der Waals surface area contributed by atoms with Gasteiger partial charge in [-0.05, 0) is 30.3 Å². The van der Waals surface area contributed by atoms with Gasteiger partial charge in [0, 0.05) is 18.0 Å². The van der Waals surface area contributed by atoms with E-state index >= 15 is 0 Å². The van der Waals surface area contributed by atoms with Crippen LogP contribution >= 0.6 is 0 Å². The third kappa shape index (κ3) is 2.58. The third-order valence-electron chi connectivity index (χ3n) is 2.47. The zero-order valence-corrected chi connectivity index (χ0v) is 9.55. The number of aromatic nitrogens is 1. The molecule has 0 bridgehead atoms. The van der Waals surface area contributed by atoms with Crippen molar-refractivity contribution in [3.05, 3.63) is 53.9 Å². The van der Waals surface area contributed by atoms with Crippen LogP contribution in [0.2, 0.25) is 0 Å². The van der Waals surface area contributed by atoms with Crippen molar-refractivity contribution in [3.63, 3.8) is 0 Å². The van der Waals surface area contributed by atoms with Crippen LogP contribution < -0.4 is 10.2 Å². The molecule has 86 valence electrons. The summed E-state index contributed by atoms with van der Waals surface area (Å²) in [6, 6.07) is 11.4. The second-order valence-electron chi connectivity index (χ2n) is 3.56. The van der Waals surface area contributed by atoms with Crippen molar-refractivity contribution in [1.29, 1.82) is 5.26 Å². The van der Waals surface area contributed by atoms with Crippen molar-refractivity contribution in [2.24, 2.45) is 0 Å². The van der Waals surface area contributed by atoms with Gasteiger partial charge in [0.05, 0.1) is 25.3 Å². The summed E-state index contributed by atoms with van der Waals surface area (Å²) in [6.07, 6.45) is 3.83. The van der Waals surface area contributed by atoms with Gasteiger partial charge in [0.25, 0.3) is 0 Å². The van der Waals surface area contributed by atoms with E-state index in [-0.39, 0.29) is 0 Å². The molecule has 1 aromatic heterocycles. The molecule has 0 saturated heterocycles. The van der Waals surface area contributed by atoms with E-state index < -0.39 is 0 Å². The smallest absolute Gasteiger partial charge is 0.123 e. The van der Waals surface area contributed by atoms with E-state index in [0.29, 0.717) is 12.1 Å². The molecule has 1 aromatic carbocycles. The molecule has 1 heterocycles. The molecule has 0 unspecified atom stereocenters. The molecular weight excluding hydrogens is 214 g/mol. The largest absolute Gasteiger partial charge is 0.496 e. The molecule has 0 radical (unpaired) electrons. The summed E-state index contributed by atoms with van der Waals surface area (Å²) < 4.78 is 7.12. The van der Waals surface area contributed by atoms with E-state index in [1.807, 2.05) is 41.3 Å². The van der Waals surface area contributed by atoms with Crippen LogP contribution in [-0.2, 0) is 6.54 Å². The van der Waals surface area contributed by atoms with Gasteiger partial charge in [-0.2, -0.15) is 5.26 Å². The Labute approximate surface area is 100 Å². The Morgan fingerprint density at radius 3 is 2.76 bits per heavy atom. The number of nitrogens with one attached hydrogen (secondary N) is 1. The topological polar surface area (TPSA) is 50.0 Å². The van der Waals surface area contributed by atoms with Crippen molar-refractivity contribution < 1.29 is 4.74 Å². The van der Waals surface area contributed by atoms with Gasteiger partial charge in [-0.25, -0.2) is 0 Å². The van der Waals surface area contributed by atoms with Gasteiger partial charge >= 0.3 is 0 Å². The number of rotatable bonds is 4. The van der Waals surface area contributed by atoms with E-state index in [4.69, 9.17) is 10.00 Å². The standard InChI is InChI=1S/C13H13N3O/c1-17-13-5-4-11(9-14)8-12(13)10-15-16-6-2-3-7-16/h2-8,15H,10H2,1H3. The monoisotopic (exact) mass is 227 g/mol. The molecule has 17 heavy (non-hydrogen) atoms. The molecule has 4 heteroatoms. The minimum atomic E-state index is 0.605. The molecule has 0 saturated carbocycles. The first kappa shape index (κ1) is 11.1. The zero-order valence-electron chi connectivity index (χ0n) is 9.55. The van der Waals surface area contributed by atoms with Crippen LogP contribution in [0.5, 0.6) is 5.75 Å². The molecule has 0 fully saturated rings. The Kier molecular flexibility index (Phi) is 3.31. The first-order chi connectivity index (χ1) is 8.33. The van der Waals surface area contributed by atoms with Crippen LogP contribution in [0.25, 0.3) is 0 Å². The SMILES string of the molecule is COc1ccc(C#N)cc1CNn1cccc1. The highest BCUT2D eigenvalue weighted by atomic mass is 16.5. The fraction of sp³-hybridized carbons (Fsp3) is 0.154. The highest BCUT2D eigenvalue weighted by Gasteiger charge is 2.04. The lowest BCUT2D eigenvalue weighted by Gasteiger charge is -2.11. The summed E-state index contributed by atoms with van der Waals surface area (Å²) in [5, 5.41) is 8.86. The number of ether oxygens (including phenoxy) is 1. The molecule has 2 rings (SSSR count). The first-order valence-corrected chi connectivity index (χ1v) is 5.27. The highest BCUT2D eigenvalue weighted by molar-refractivity contribution is 5.42. The number of nitrogens with zero attached hydrogens (tertiary/aromatic N) is 2. The molecule has 0 atom stereocenters. The number of benzene rings is 1. The van der Waals surface area contributed by atoms with E-state index in [1.165, 1.54) is 0 Å². The van der Waals surface area contributed by atoms with Crippen LogP contribution in [0.4, 0.5) is 0 Å².